The van der Waals surface area contributed by atoms with Gasteiger partial charge in [0, 0.05) is 80.8 Å². The molecule has 0 aliphatic heterocycles. The molecule has 0 aliphatic rings. The molecule has 0 bridgehead atoms. The van der Waals surface area contributed by atoms with Gasteiger partial charge in [-0.1, -0.05) is 12.1 Å². The minimum absolute atomic E-state index is 0. The molecule has 19 nitrogen and oxygen atoms in total. The van der Waals surface area contributed by atoms with Gasteiger partial charge in [0.15, 0.2) is 23.0 Å². The van der Waals surface area contributed by atoms with Gasteiger partial charge < -0.3 is 30.4 Å². The number of phenols is 2. The smallest absolute Gasteiger partial charge is 0.472 e. The molecule has 1 radical (unpaired) electrons. The predicted octanol–water partition coefficient (Wildman–Crippen LogP) is 0.468. The van der Waals surface area contributed by atoms with E-state index in [1.165, 1.54) is 14.2 Å². The quantitative estimate of drug-likeness (QED) is 0.0504. The van der Waals surface area contributed by atoms with Crippen molar-refractivity contribution in [3.63, 3.8) is 0 Å². The Balaban J connectivity index is -0.000000218. The van der Waals surface area contributed by atoms with Crippen LogP contribution in [0.25, 0.3) is 0 Å². The maximum atomic E-state index is 9.93. The molecule has 0 saturated heterocycles. The van der Waals surface area contributed by atoms with E-state index in [4.69, 9.17) is 55.4 Å². The van der Waals surface area contributed by atoms with Crippen molar-refractivity contribution in [2.75, 3.05) is 27.3 Å². The first-order valence-electron chi connectivity index (χ1n) is 9.12. The Morgan fingerprint density at radius 3 is 1.26 bits per heavy atom. The first-order chi connectivity index (χ1) is 16.9. The molecule has 10 N–H and O–H groups in total. The second-order valence-electron chi connectivity index (χ2n) is 5.61. The molecule has 0 heterocycles. The minimum atomic E-state index is -1.50. The molecule has 0 unspecified atom stereocenters. The molecule has 21 heteroatoms. The van der Waals surface area contributed by atoms with Gasteiger partial charge in [0.1, 0.15) is 9.81 Å². The van der Waals surface area contributed by atoms with Crippen LogP contribution in [0.2, 0.25) is 0 Å². The predicted molar refractivity (Wildman–Crippen MR) is 122 cm³/mol. The van der Waals surface area contributed by atoms with Crippen LogP contribution in [0.5, 0.6) is 23.0 Å². The molecule has 0 saturated carbocycles. The zero-order valence-electron chi connectivity index (χ0n) is 20.4. The first kappa shape index (κ1) is 45.4. The number of aliphatic imine (C=N–C) groups is 2. The van der Waals surface area contributed by atoms with Crippen LogP contribution < -0.4 is 9.47 Å². The van der Waals surface area contributed by atoms with E-state index in [0.717, 1.165) is 0 Å². The first-order valence-corrected chi connectivity index (χ1v) is 9.12. The van der Waals surface area contributed by atoms with Crippen molar-refractivity contribution in [1.82, 2.24) is 0 Å². The molecule has 2 aromatic rings. The van der Waals surface area contributed by atoms with Crippen LogP contribution >= 0.6 is 0 Å². The average Bonchev–Trinajstić information content (AvgIpc) is 2.77. The molecule has 0 aliphatic carbocycles. The number of aromatic hydroxyl groups is 2. The zero-order valence-corrected chi connectivity index (χ0v) is 25.3. The van der Waals surface area contributed by atoms with Crippen LogP contribution in [-0.4, -0.2) is 91.2 Å². The summed E-state index contributed by atoms with van der Waals surface area (Å²) in [4.78, 5) is 33.8. The van der Waals surface area contributed by atoms with Crippen molar-refractivity contribution in [2.45, 2.75) is 0 Å². The fourth-order valence-corrected chi connectivity index (χ4v) is 2.06. The third-order valence-electron chi connectivity index (χ3n) is 3.32. The minimum Gasteiger partial charge on any atom is -0.504 e. The second-order valence-corrected chi connectivity index (χ2v) is 5.61. The van der Waals surface area contributed by atoms with E-state index in [1.54, 1.807) is 48.8 Å². The van der Waals surface area contributed by atoms with Gasteiger partial charge in [0.25, 0.3) is 5.09 Å². The fourth-order valence-electron chi connectivity index (χ4n) is 2.06. The molecule has 0 fully saturated rings. The van der Waals surface area contributed by atoms with Gasteiger partial charge in [0.2, 0.25) is 0 Å². The number of para-hydroxylation sites is 2. The summed E-state index contributed by atoms with van der Waals surface area (Å²) in [6.45, 7) is 0.912. The maximum Gasteiger partial charge on any atom is 0.472 e. The van der Waals surface area contributed by atoms with E-state index < -0.39 is 15.3 Å². The number of hydrogen-bond acceptors (Lipinski definition) is 10. The molecule has 219 valence electrons. The molecule has 0 amide bonds. The topological polar surface area (TPSA) is 301 Å². The largest absolute Gasteiger partial charge is 0.504 e. The van der Waals surface area contributed by atoms with E-state index in [2.05, 4.69) is 9.98 Å². The normalized spacial score (nSPS) is 8.77. The summed E-state index contributed by atoms with van der Waals surface area (Å²) in [7, 11) is 3.00. The summed E-state index contributed by atoms with van der Waals surface area (Å²) < 4.78 is 10.1. The number of ether oxygens (including phenoxy) is 2. The Morgan fingerprint density at radius 1 is 0.769 bits per heavy atom. The van der Waals surface area contributed by atoms with E-state index in [-0.39, 0.29) is 74.2 Å². The Labute approximate surface area is 262 Å². The van der Waals surface area contributed by atoms with Crippen LogP contribution in [0.1, 0.15) is 11.1 Å². The maximum absolute atomic E-state index is 9.93. The van der Waals surface area contributed by atoms with Crippen molar-refractivity contribution in [3.05, 3.63) is 67.5 Å². The Morgan fingerprint density at radius 2 is 1.03 bits per heavy atom. The Kier molecular flexibility index (Phi) is 31.9. The standard InChI is InChI=1S/C18H20N2O4.Ho.2H2NO3.HNO3.H2O.Zn/c1-23-15-7-3-5-13(17(15)21)11-19-9-10-20-12-14-6-4-8-16(24-2)18(14)22;;3*2-1(3)4;;/h3-8,11-12,21-22H,9-10H2,1-2H3;;2*(H2,2,3,4);(H,2,3,4);1H2;/q;;2*+1;;;/p+1. The molecular formula is C18H28HoN5O14Zn+3. The van der Waals surface area contributed by atoms with Crippen LogP contribution in [0, 0.1) is 57.7 Å². The van der Waals surface area contributed by atoms with Gasteiger partial charge in [-0.15, -0.1) is 10.1 Å². The summed E-state index contributed by atoms with van der Waals surface area (Å²) in [6.07, 6.45) is 3.16. The number of methoxy groups -OCH3 is 2. The monoisotopic (exact) mass is 767 g/mol. The Bertz CT molecular complexity index is 941. The number of phenolic OH excluding ortho intramolecular Hbond substituents is 2. The van der Waals surface area contributed by atoms with Crippen molar-refractivity contribution >= 4 is 12.4 Å². The third kappa shape index (κ3) is 25.8. The SMILES string of the molecule is COc1cccc(C=NCCN=Cc2cccc(OC)c2O)c1O.O=[N+](O)O.O=[N+](O)O.O=[N+]([O-])O.[Ho].[OH3+].[Zn]. The van der Waals surface area contributed by atoms with Gasteiger partial charge in [-0.05, 0) is 24.3 Å². The summed E-state index contributed by atoms with van der Waals surface area (Å²) >= 11 is 0. The molecule has 0 spiro atoms. The van der Waals surface area contributed by atoms with Crippen LogP contribution in [-0.2, 0) is 25.0 Å². The van der Waals surface area contributed by atoms with E-state index in [1.807, 2.05) is 0 Å². The van der Waals surface area contributed by atoms with Gasteiger partial charge in [-0.3, -0.25) is 9.98 Å². The number of benzene rings is 2. The van der Waals surface area contributed by atoms with Gasteiger partial charge in [0.05, 0.1) is 27.3 Å². The number of hydrogen-bond donors (Lipinski definition) is 7. The van der Waals surface area contributed by atoms with E-state index in [0.29, 0.717) is 35.7 Å². The third-order valence-corrected chi connectivity index (χ3v) is 3.32. The van der Waals surface area contributed by atoms with Crippen LogP contribution in [0.4, 0.5) is 0 Å². The molecule has 2 rings (SSSR count). The summed E-state index contributed by atoms with van der Waals surface area (Å²) in [5.74, 6) is 0.943. The average molecular weight is 769 g/mol. The van der Waals surface area contributed by atoms with Gasteiger partial charge in [-0.25, -0.2) is 20.8 Å². The molecule has 39 heavy (non-hydrogen) atoms. The van der Waals surface area contributed by atoms with Crippen molar-refractivity contribution in [3.8, 4) is 23.0 Å². The molecule has 0 aromatic heterocycles. The molecular weight excluding hydrogens is 741 g/mol. The molecule has 0 atom stereocenters. The van der Waals surface area contributed by atoms with Gasteiger partial charge >= 0.3 is 10.2 Å². The zero-order chi connectivity index (χ0) is 28.1. The van der Waals surface area contributed by atoms with Crippen molar-refractivity contribution in [1.29, 1.82) is 0 Å². The second kappa shape index (κ2) is 27.5. The summed E-state index contributed by atoms with van der Waals surface area (Å²) in [6, 6.07) is 10.4. The van der Waals surface area contributed by atoms with E-state index >= 15 is 0 Å². The fraction of sp³-hybridized carbons (Fsp3) is 0.222. The van der Waals surface area contributed by atoms with E-state index in [9.17, 15) is 10.2 Å². The summed E-state index contributed by atoms with van der Waals surface area (Å²) in [5, 5.41) is 58.6. The van der Waals surface area contributed by atoms with Crippen molar-refractivity contribution in [2.24, 2.45) is 9.98 Å². The number of nitrogens with zero attached hydrogens (tertiary/aromatic N) is 5. The molecule has 2 aromatic carbocycles. The Hall–Kier alpha value is -3.58. The van der Waals surface area contributed by atoms with Crippen molar-refractivity contribution < 1.29 is 124 Å². The van der Waals surface area contributed by atoms with Crippen LogP contribution in [0.15, 0.2) is 46.4 Å². The number of rotatable bonds is 7. The summed E-state index contributed by atoms with van der Waals surface area (Å²) in [5.41, 5.74) is 1.17. The van der Waals surface area contributed by atoms with Gasteiger partial charge in [-0.2, -0.15) is 0 Å². The van der Waals surface area contributed by atoms with Crippen LogP contribution in [0.3, 0.4) is 0 Å².